The van der Waals surface area contributed by atoms with Crippen LogP contribution in [0.2, 0.25) is 0 Å². The third-order valence-electron chi connectivity index (χ3n) is 4.78. The Balaban J connectivity index is 2.04. The van der Waals surface area contributed by atoms with E-state index in [0.29, 0.717) is 0 Å². The van der Waals surface area contributed by atoms with E-state index in [1.54, 1.807) is 16.5 Å². The van der Waals surface area contributed by atoms with Gasteiger partial charge in [0.1, 0.15) is 0 Å². The first-order valence-corrected chi connectivity index (χ1v) is 7.88. The highest BCUT2D eigenvalue weighted by Gasteiger charge is 2.25. The van der Waals surface area contributed by atoms with Crippen LogP contribution in [0.15, 0.2) is 30.3 Å². The van der Waals surface area contributed by atoms with Gasteiger partial charge in [0, 0.05) is 0 Å². The summed E-state index contributed by atoms with van der Waals surface area (Å²) in [5, 5.41) is 6.49. The fraction of sp³-hybridized carbons (Fsp3) is 0.474. The van der Waals surface area contributed by atoms with E-state index in [1.165, 1.54) is 30.2 Å². The van der Waals surface area contributed by atoms with Crippen molar-refractivity contribution in [3.63, 3.8) is 0 Å². The molecule has 2 aromatic carbocycles. The number of aryl methyl sites for hydroxylation is 2. The molecule has 3 rings (SSSR count). The molecule has 0 bridgehead atoms. The summed E-state index contributed by atoms with van der Waals surface area (Å²) < 4.78 is 0. The average molecular weight is 267 g/mol. The predicted octanol–water partition coefficient (Wildman–Crippen LogP) is 4.22. The molecule has 2 aromatic rings. The van der Waals surface area contributed by atoms with Crippen molar-refractivity contribution in [3.8, 4) is 0 Å². The minimum Gasteiger partial charge on any atom is -0.317 e. The molecule has 0 radical (unpaired) electrons. The molecule has 1 heteroatoms. The van der Waals surface area contributed by atoms with Crippen LogP contribution in [0.1, 0.15) is 43.9 Å². The summed E-state index contributed by atoms with van der Waals surface area (Å²) in [5.74, 6) is 0. The smallest absolute Gasteiger partial charge is 0.00407 e. The lowest BCUT2D eigenvalue weighted by Gasteiger charge is -2.27. The average Bonchev–Trinajstić information content (AvgIpc) is 2.85. The zero-order chi connectivity index (χ0) is 14.2. The zero-order valence-corrected chi connectivity index (χ0v) is 12.9. The van der Waals surface area contributed by atoms with E-state index in [4.69, 9.17) is 0 Å². The van der Waals surface area contributed by atoms with E-state index in [0.717, 1.165) is 13.1 Å². The van der Waals surface area contributed by atoms with Crippen LogP contribution in [0.4, 0.5) is 0 Å². The minimum atomic E-state index is 0.224. The van der Waals surface area contributed by atoms with Gasteiger partial charge in [-0.2, -0.15) is 0 Å². The lowest BCUT2D eigenvalue weighted by Crippen LogP contribution is -2.25. The van der Waals surface area contributed by atoms with E-state index in [9.17, 15) is 0 Å². The largest absolute Gasteiger partial charge is 0.317 e. The highest BCUT2D eigenvalue weighted by Crippen LogP contribution is 2.38. The van der Waals surface area contributed by atoms with Crippen LogP contribution in [-0.4, -0.2) is 13.1 Å². The summed E-state index contributed by atoms with van der Waals surface area (Å²) in [6, 6.07) is 11.6. The van der Waals surface area contributed by atoms with Crippen LogP contribution in [0.5, 0.6) is 0 Å². The molecule has 0 spiro atoms. The lowest BCUT2D eigenvalue weighted by atomic mass is 9.78. The topological polar surface area (TPSA) is 12.0 Å². The van der Waals surface area contributed by atoms with Crippen molar-refractivity contribution >= 4 is 10.8 Å². The molecule has 0 saturated carbocycles. The Morgan fingerprint density at radius 1 is 1.05 bits per heavy atom. The predicted molar refractivity (Wildman–Crippen MR) is 87.5 cm³/mol. The maximum atomic E-state index is 3.46. The monoisotopic (exact) mass is 267 g/mol. The van der Waals surface area contributed by atoms with Gasteiger partial charge in [0.05, 0.1) is 0 Å². The highest BCUT2D eigenvalue weighted by molar-refractivity contribution is 5.93. The minimum absolute atomic E-state index is 0.224. The SMILES string of the molecule is CCNCCC(C)(C)c1ccc2c3c(cccc13)CC2. The van der Waals surface area contributed by atoms with Crippen molar-refractivity contribution in [1.29, 1.82) is 0 Å². The number of nitrogens with one attached hydrogen (secondary N) is 1. The van der Waals surface area contributed by atoms with Gasteiger partial charge in [-0.3, -0.25) is 0 Å². The third-order valence-corrected chi connectivity index (χ3v) is 4.78. The summed E-state index contributed by atoms with van der Waals surface area (Å²) in [4.78, 5) is 0. The fourth-order valence-electron chi connectivity index (χ4n) is 3.55. The van der Waals surface area contributed by atoms with E-state index < -0.39 is 0 Å². The molecule has 0 saturated heterocycles. The first-order valence-electron chi connectivity index (χ1n) is 7.88. The maximum absolute atomic E-state index is 3.46. The molecular weight excluding hydrogens is 242 g/mol. The van der Waals surface area contributed by atoms with Crippen molar-refractivity contribution in [2.75, 3.05) is 13.1 Å². The van der Waals surface area contributed by atoms with Crippen LogP contribution in [0.3, 0.4) is 0 Å². The molecular formula is C19H25N. The first kappa shape index (κ1) is 13.6. The standard InChI is InChI=1S/C19H25N/c1-4-20-13-12-19(2,3)17-11-10-15-9-8-14-6-5-7-16(17)18(14)15/h5-7,10-11,20H,4,8-9,12-13H2,1-3H3. The zero-order valence-electron chi connectivity index (χ0n) is 12.9. The van der Waals surface area contributed by atoms with E-state index >= 15 is 0 Å². The lowest BCUT2D eigenvalue weighted by molar-refractivity contribution is 0.464. The van der Waals surface area contributed by atoms with Crippen molar-refractivity contribution < 1.29 is 0 Å². The molecule has 1 aliphatic carbocycles. The Labute approximate surface area is 122 Å². The molecule has 0 amide bonds. The molecule has 0 aliphatic heterocycles. The van der Waals surface area contributed by atoms with E-state index in [-0.39, 0.29) is 5.41 Å². The Bertz CT molecular complexity index is 615. The van der Waals surface area contributed by atoms with Crippen LogP contribution < -0.4 is 5.32 Å². The second-order valence-corrected chi connectivity index (χ2v) is 6.60. The van der Waals surface area contributed by atoms with Crippen LogP contribution in [-0.2, 0) is 18.3 Å². The van der Waals surface area contributed by atoms with Crippen LogP contribution in [0.25, 0.3) is 10.8 Å². The molecule has 20 heavy (non-hydrogen) atoms. The van der Waals surface area contributed by atoms with Crippen molar-refractivity contribution in [2.24, 2.45) is 0 Å². The molecule has 1 N–H and O–H groups in total. The van der Waals surface area contributed by atoms with Crippen molar-refractivity contribution in [2.45, 2.75) is 45.4 Å². The first-order chi connectivity index (χ1) is 9.63. The summed E-state index contributed by atoms with van der Waals surface area (Å²) >= 11 is 0. The highest BCUT2D eigenvalue weighted by atomic mass is 14.8. The Morgan fingerprint density at radius 2 is 1.80 bits per heavy atom. The van der Waals surface area contributed by atoms with Gasteiger partial charge < -0.3 is 5.32 Å². The summed E-state index contributed by atoms with van der Waals surface area (Å²) in [7, 11) is 0. The number of hydrogen-bond donors (Lipinski definition) is 1. The summed E-state index contributed by atoms with van der Waals surface area (Å²) in [6.45, 7) is 9.07. The van der Waals surface area contributed by atoms with Gasteiger partial charge in [0.2, 0.25) is 0 Å². The molecule has 0 atom stereocenters. The second kappa shape index (κ2) is 5.21. The second-order valence-electron chi connectivity index (χ2n) is 6.60. The van der Waals surface area contributed by atoms with Gasteiger partial charge in [-0.1, -0.05) is 51.1 Å². The molecule has 1 aliphatic rings. The molecule has 0 fully saturated rings. The molecule has 0 aromatic heterocycles. The number of rotatable bonds is 5. The van der Waals surface area contributed by atoms with Gasteiger partial charge in [-0.25, -0.2) is 0 Å². The fourth-order valence-corrected chi connectivity index (χ4v) is 3.55. The van der Waals surface area contributed by atoms with Gasteiger partial charge in [0.15, 0.2) is 0 Å². The van der Waals surface area contributed by atoms with Gasteiger partial charge in [-0.15, -0.1) is 0 Å². The molecule has 106 valence electrons. The van der Waals surface area contributed by atoms with Gasteiger partial charge in [0.25, 0.3) is 0 Å². The maximum Gasteiger partial charge on any atom is -0.00407 e. The normalized spacial score (nSPS) is 14.2. The van der Waals surface area contributed by atoms with Crippen LogP contribution in [0, 0.1) is 0 Å². The molecule has 0 unspecified atom stereocenters. The van der Waals surface area contributed by atoms with E-state index in [1.807, 2.05) is 0 Å². The van der Waals surface area contributed by atoms with Gasteiger partial charge in [-0.05, 0) is 65.2 Å². The van der Waals surface area contributed by atoms with Crippen molar-refractivity contribution in [1.82, 2.24) is 5.32 Å². The molecule has 0 heterocycles. The van der Waals surface area contributed by atoms with Crippen LogP contribution >= 0.6 is 0 Å². The molecule has 1 nitrogen and oxygen atoms in total. The van der Waals surface area contributed by atoms with Gasteiger partial charge >= 0.3 is 0 Å². The van der Waals surface area contributed by atoms with E-state index in [2.05, 4.69) is 56.4 Å². The Morgan fingerprint density at radius 3 is 2.55 bits per heavy atom. The number of benzene rings is 2. The quantitative estimate of drug-likeness (QED) is 0.800. The number of hydrogen-bond acceptors (Lipinski definition) is 1. The third kappa shape index (κ3) is 2.25. The summed E-state index contributed by atoms with van der Waals surface area (Å²) in [6.07, 6.45) is 3.61. The van der Waals surface area contributed by atoms with Crippen molar-refractivity contribution in [3.05, 3.63) is 47.0 Å². The Kier molecular flexibility index (Phi) is 3.55. The summed E-state index contributed by atoms with van der Waals surface area (Å²) in [5.41, 5.74) is 4.82. The Hall–Kier alpha value is -1.34.